The molecule has 1 atom stereocenters. The number of thiophene rings is 1. The van der Waals surface area contributed by atoms with Crippen LogP contribution < -0.4 is 24.3 Å². The van der Waals surface area contributed by atoms with Gasteiger partial charge in [0.25, 0.3) is 11.8 Å². The Morgan fingerprint density at radius 2 is 1.56 bits per heavy atom. The number of esters is 1. The summed E-state index contributed by atoms with van der Waals surface area (Å²) >= 11 is 1.03. The third-order valence-electron chi connectivity index (χ3n) is 9.65. The number of carboxylic acid groups (broad SMARTS) is 1. The first kappa shape index (κ1) is 45.9. The molecule has 0 saturated heterocycles. The highest BCUT2D eigenvalue weighted by molar-refractivity contribution is 7.20. The van der Waals surface area contributed by atoms with Gasteiger partial charge in [-0.05, 0) is 31.7 Å². The SMILES string of the molecule is COc1cc2c(c(F)c1OCCCOc1c(OC)cc3sc(C(=O)CCC(=O)O[C@@H](C)CN(C)CCNC(=O)CN4C(=O)C=CC4=O)cc3c1F)CN(C(=O)CCC(=O)O)C2. The molecule has 2 aromatic carbocycles. The Bertz CT molecular complexity index is 2210. The molecular formula is C41H46F2N4O13S. The van der Waals surface area contributed by atoms with E-state index in [2.05, 4.69) is 5.32 Å². The Balaban J connectivity index is 1.07. The number of ether oxygens (including phenoxy) is 5. The third kappa shape index (κ3) is 11.8. The monoisotopic (exact) mass is 872 g/mol. The number of halogens is 2. The van der Waals surface area contributed by atoms with Gasteiger partial charge in [-0.2, -0.15) is 0 Å². The van der Waals surface area contributed by atoms with Gasteiger partial charge in [-0.15, -0.1) is 11.3 Å². The molecule has 20 heteroatoms. The molecule has 5 rings (SSSR count). The minimum Gasteiger partial charge on any atom is -0.493 e. The fraction of sp³-hybridized carbons (Fsp3) is 0.439. The maximum Gasteiger partial charge on any atom is 0.306 e. The van der Waals surface area contributed by atoms with Crippen molar-refractivity contribution in [2.24, 2.45) is 0 Å². The first-order chi connectivity index (χ1) is 29.1. The van der Waals surface area contributed by atoms with Crippen molar-refractivity contribution in [1.82, 2.24) is 20.0 Å². The van der Waals surface area contributed by atoms with E-state index in [0.717, 1.165) is 28.4 Å². The fourth-order valence-corrected chi connectivity index (χ4v) is 7.64. The second-order valence-electron chi connectivity index (χ2n) is 14.2. The maximum atomic E-state index is 15.8. The quantitative estimate of drug-likeness (QED) is 0.0605. The van der Waals surface area contributed by atoms with Crippen molar-refractivity contribution >= 4 is 62.8 Å². The van der Waals surface area contributed by atoms with Crippen molar-refractivity contribution in [2.75, 3.05) is 60.7 Å². The summed E-state index contributed by atoms with van der Waals surface area (Å²) in [5.74, 6) is -5.74. The molecule has 0 saturated carbocycles. The Labute approximate surface area is 353 Å². The molecule has 0 fully saturated rings. The molecule has 0 aliphatic carbocycles. The summed E-state index contributed by atoms with van der Waals surface area (Å²) in [5, 5.41) is 11.6. The lowest BCUT2D eigenvalue weighted by molar-refractivity contribution is -0.149. The molecule has 3 heterocycles. The summed E-state index contributed by atoms with van der Waals surface area (Å²) in [5.41, 5.74) is 0.761. The molecule has 3 aromatic rings. The van der Waals surface area contributed by atoms with Crippen molar-refractivity contribution in [1.29, 1.82) is 0 Å². The lowest BCUT2D eigenvalue weighted by Crippen LogP contribution is -2.43. The number of rotatable bonds is 23. The average Bonchev–Trinajstić information content (AvgIpc) is 3.94. The Morgan fingerprint density at radius 3 is 2.21 bits per heavy atom. The number of Topliss-reactive ketones (excluding diaryl/α,β-unsaturated/α-hetero) is 1. The van der Waals surface area contributed by atoms with Gasteiger partial charge in [-0.1, -0.05) is 0 Å². The molecule has 2 aliphatic heterocycles. The first-order valence-electron chi connectivity index (χ1n) is 19.2. The van der Waals surface area contributed by atoms with Gasteiger partial charge in [-0.3, -0.25) is 38.5 Å². The normalized spacial score (nSPS) is 13.8. The van der Waals surface area contributed by atoms with Crippen LogP contribution in [-0.2, 0) is 46.6 Å². The van der Waals surface area contributed by atoms with Gasteiger partial charge < -0.3 is 43.9 Å². The highest BCUT2D eigenvalue weighted by atomic mass is 32.1. The van der Waals surface area contributed by atoms with E-state index in [1.807, 2.05) is 4.90 Å². The summed E-state index contributed by atoms with van der Waals surface area (Å²) < 4.78 is 59.4. The van der Waals surface area contributed by atoms with Gasteiger partial charge in [0.1, 0.15) is 12.6 Å². The van der Waals surface area contributed by atoms with Crippen molar-refractivity contribution < 1.29 is 71.1 Å². The van der Waals surface area contributed by atoms with Crippen LogP contribution in [0.1, 0.15) is 59.8 Å². The van der Waals surface area contributed by atoms with Crippen LogP contribution in [0.4, 0.5) is 8.78 Å². The number of amides is 4. The molecule has 2 N–H and O–H groups in total. The zero-order valence-electron chi connectivity index (χ0n) is 34.0. The van der Waals surface area contributed by atoms with Crippen LogP contribution in [0.2, 0.25) is 0 Å². The molecular weight excluding hydrogens is 827 g/mol. The van der Waals surface area contributed by atoms with Crippen LogP contribution in [0.15, 0.2) is 30.4 Å². The minimum atomic E-state index is -1.11. The van der Waals surface area contributed by atoms with Gasteiger partial charge in [0.2, 0.25) is 11.8 Å². The predicted molar refractivity (Wildman–Crippen MR) is 214 cm³/mol. The van der Waals surface area contributed by atoms with Gasteiger partial charge in [-0.25, -0.2) is 8.78 Å². The number of hydrogen-bond acceptors (Lipinski definition) is 14. The van der Waals surface area contributed by atoms with Gasteiger partial charge in [0.05, 0.1) is 45.2 Å². The zero-order chi connectivity index (χ0) is 44.4. The first-order valence-corrected chi connectivity index (χ1v) is 20.1. The van der Waals surface area contributed by atoms with Crippen molar-refractivity contribution in [3.05, 3.63) is 58.0 Å². The zero-order valence-corrected chi connectivity index (χ0v) is 34.8. The van der Waals surface area contributed by atoms with Crippen LogP contribution in [0.5, 0.6) is 23.0 Å². The molecule has 0 bridgehead atoms. The molecule has 17 nitrogen and oxygen atoms in total. The van der Waals surface area contributed by atoms with Gasteiger partial charge in [0.15, 0.2) is 40.4 Å². The Morgan fingerprint density at radius 1 is 0.902 bits per heavy atom. The van der Waals surface area contributed by atoms with E-state index in [4.69, 9.17) is 28.8 Å². The largest absolute Gasteiger partial charge is 0.493 e. The van der Waals surface area contributed by atoms with Crippen molar-refractivity contribution in [3.8, 4) is 23.0 Å². The number of ketones is 1. The summed E-state index contributed by atoms with van der Waals surface area (Å²) in [7, 11) is 4.44. The lowest BCUT2D eigenvalue weighted by Gasteiger charge is -2.22. The molecule has 0 unspecified atom stereocenters. The number of nitrogens with one attached hydrogen (secondary N) is 1. The molecule has 0 spiro atoms. The van der Waals surface area contributed by atoms with E-state index in [0.29, 0.717) is 23.4 Å². The fourth-order valence-electron chi connectivity index (χ4n) is 6.59. The molecule has 4 amide bonds. The van der Waals surface area contributed by atoms with Crippen LogP contribution >= 0.6 is 11.3 Å². The topological polar surface area (TPSA) is 208 Å². The van der Waals surface area contributed by atoms with Crippen LogP contribution in [0, 0.1) is 11.6 Å². The number of imide groups is 1. The number of methoxy groups -OCH3 is 2. The number of carboxylic acids is 1. The summed E-state index contributed by atoms with van der Waals surface area (Å²) in [6, 6.07) is 4.49. The molecule has 2 aliphatic rings. The number of aliphatic carboxylic acids is 1. The predicted octanol–water partition coefficient (Wildman–Crippen LogP) is 3.62. The standard InChI is InChI=1S/C41H46F2N4O13S/c1-23(19-45(2)13-12-44-32(49)22-47-34(51)7-8-35(47)52)60-37(55)11-6-27(48)31-17-25-30(61-31)18-29(57-4)41(38(25)42)59-15-5-14-58-40-28(56-3)16-24-20-46(21-26(24)39(40)43)33(50)9-10-36(53)54/h7-8,16-18,23H,5-6,9-15,19-22H2,1-4H3,(H,44,49)(H,53,54)/t23-/m0/s1. The highest BCUT2D eigenvalue weighted by Gasteiger charge is 2.31. The number of benzene rings is 2. The molecule has 61 heavy (non-hydrogen) atoms. The Kier molecular flexibility index (Phi) is 15.7. The van der Waals surface area contributed by atoms with E-state index in [1.54, 1.807) is 20.0 Å². The summed E-state index contributed by atoms with van der Waals surface area (Å²) in [4.78, 5) is 88.5. The number of nitrogens with zero attached hydrogens (tertiary/aromatic N) is 3. The highest BCUT2D eigenvalue weighted by Crippen LogP contribution is 2.41. The number of carbonyl (C=O) groups excluding carboxylic acids is 6. The maximum absolute atomic E-state index is 15.8. The summed E-state index contributed by atoms with van der Waals surface area (Å²) in [6.45, 7) is 2.17. The average molecular weight is 873 g/mol. The molecule has 1 aromatic heterocycles. The molecule has 0 radical (unpaired) electrons. The van der Waals surface area contributed by atoms with E-state index < -0.39 is 59.1 Å². The van der Waals surface area contributed by atoms with E-state index >= 15 is 8.78 Å². The Hall–Kier alpha value is -6.15. The van der Waals surface area contributed by atoms with E-state index in [1.165, 1.54) is 31.3 Å². The number of carbonyl (C=O) groups is 7. The van der Waals surface area contributed by atoms with Gasteiger partial charge in [0, 0.05) is 85.9 Å². The number of likely N-dealkylation sites (N-methyl/N-ethyl adjacent to an activating group) is 1. The van der Waals surface area contributed by atoms with Crippen molar-refractivity contribution in [3.63, 3.8) is 0 Å². The van der Waals surface area contributed by atoms with Gasteiger partial charge >= 0.3 is 11.9 Å². The lowest BCUT2D eigenvalue weighted by atomic mass is 10.1. The van der Waals surface area contributed by atoms with Crippen LogP contribution in [0.3, 0.4) is 0 Å². The second kappa shape index (κ2) is 20.9. The van der Waals surface area contributed by atoms with E-state index in [9.17, 15) is 33.6 Å². The third-order valence-corrected chi connectivity index (χ3v) is 10.8. The second-order valence-corrected chi connectivity index (χ2v) is 15.3. The summed E-state index contributed by atoms with van der Waals surface area (Å²) in [6.07, 6.45) is 0.897. The number of hydrogen-bond donors (Lipinski definition) is 2. The minimum absolute atomic E-state index is 0.0472. The smallest absolute Gasteiger partial charge is 0.306 e. The van der Waals surface area contributed by atoms with Crippen LogP contribution in [0.25, 0.3) is 10.1 Å². The van der Waals surface area contributed by atoms with Crippen LogP contribution in [-0.4, -0.2) is 128 Å². The van der Waals surface area contributed by atoms with Crippen molar-refractivity contribution in [2.45, 2.75) is 58.2 Å². The number of fused-ring (bicyclic) bond motifs is 2. The molecule has 328 valence electrons. The van der Waals surface area contributed by atoms with E-state index in [-0.39, 0.29) is 110 Å².